The summed E-state index contributed by atoms with van der Waals surface area (Å²) in [6.07, 6.45) is 0.793. The van der Waals surface area contributed by atoms with Crippen LogP contribution in [0.5, 0.6) is 0 Å². The first kappa shape index (κ1) is 15.3. The molecule has 20 heavy (non-hydrogen) atoms. The van der Waals surface area contributed by atoms with Crippen LogP contribution in [0.15, 0.2) is 23.1 Å². The van der Waals surface area contributed by atoms with Crippen molar-refractivity contribution in [3.8, 4) is 6.07 Å². The van der Waals surface area contributed by atoms with Gasteiger partial charge in [-0.05, 0) is 31.2 Å². The van der Waals surface area contributed by atoms with Crippen LogP contribution < -0.4 is 5.32 Å². The molecular formula is C13H16ClN3O2S. The van der Waals surface area contributed by atoms with Crippen molar-refractivity contribution in [2.24, 2.45) is 0 Å². The van der Waals surface area contributed by atoms with Crippen LogP contribution in [-0.2, 0) is 10.0 Å². The molecule has 108 valence electrons. The highest BCUT2D eigenvalue weighted by Crippen LogP contribution is 2.27. The number of nitriles is 1. The fourth-order valence-electron chi connectivity index (χ4n) is 2.42. The van der Waals surface area contributed by atoms with Crippen LogP contribution in [0, 0.1) is 11.3 Å². The van der Waals surface area contributed by atoms with Crippen molar-refractivity contribution < 1.29 is 8.42 Å². The minimum Gasteiger partial charge on any atom is -0.315 e. The van der Waals surface area contributed by atoms with E-state index in [1.54, 1.807) is 0 Å². The third kappa shape index (κ3) is 2.81. The molecule has 1 aromatic rings. The summed E-state index contributed by atoms with van der Waals surface area (Å²) in [6, 6.07) is 6.16. The molecule has 1 atom stereocenters. The highest BCUT2D eigenvalue weighted by Gasteiger charge is 2.33. The highest BCUT2D eigenvalue weighted by atomic mass is 35.5. The molecular weight excluding hydrogens is 298 g/mol. The average molecular weight is 314 g/mol. The second kappa shape index (κ2) is 6.10. The fraction of sp³-hybridized carbons (Fsp3) is 0.462. The highest BCUT2D eigenvalue weighted by molar-refractivity contribution is 7.89. The van der Waals surface area contributed by atoms with Gasteiger partial charge >= 0.3 is 0 Å². The van der Waals surface area contributed by atoms with Crippen LogP contribution in [0.4, 0.5) is 0 Å². The van der Waals surface area contributed by atoms with E-state index in [-0.39, 0.29) is 16.0 Å². The number of likely N-dealkylation sites (N-methyl/N-ethyl adjacent to an activating group) is 1. The van der Waals surface area contributed by atoms with Crippen LogP contribution >= 0.6 is 11.6 Å². The van der Waals surface area contributed by atoms with Gasteiger partial charge in [0.15, 0.2) is 0 Å². The van der Waals surface area contributed by atoms with E-state index in [1.165, 1.54) is 22.5 Å². The molecule has 0 saturated carbocycles. The molecule has 1 N–H and O–H groups in total. The topological polar surface area (TPSA) is 73.2 Å². The van der Waals surface area contributed by atoms with Gasteiger partial charge in [0.25, 0.3) is 0 Å². The van der Waals surface area contributed by atoms with Crippen LogP contribution in [-0.4, -0.2) is 38.4 Å². The van der Waals surface area contributed by atoms with E-state index < -0.39 is 10.0 Å². The molecule has 1 saturated heterocycles. The Morgan fingerprint density at radius 3 is 2.80 bits per heavy atom. The lowest BCUT2D eigenvalue weighted by atomic mass is 10.2. The van der Waals surface area contributed by atoms with E-state index >= 15 is 0 Å². The van der Waals surface area contributed by atoms with Crippen molar-refractivity contribution in [3.63, 3.8) is 0 Å². The molecule has 1 unspecified atom stereocenters. The minimum atomic E-state index is -3.64. The molecule has 2 rings (SSSR count). The standard InChI is InChI=1S/C13H16ClN3O2S/c1-2-17(11-5-6-16-9-11)20(18,19)13-4-3-10(8-15)7-12(13)14/h3-4,7,11,16H,2,5-6,9H2,1H3. The van der Waals surface area contributed by atoms with Gasteiger partial charge in [-0.1, -0.05) is 18.5 Å². The summed E-state index contributed by atoms with van der Waals surface area (Å²) in [7, 11) is -3.64. The predicted molar refractivity (Wildman–Crippen MR) is 77.0 cm³/mol. The van der Waals surface area contributed by atoms with Gasteiger partial charge in [0.05, 0.1) is 16.7 Å². The van der Waals surface area contributed by atoms with Crippen molar-refractivity contribution >= 4 is 21.6 Å². The summed E-state index contributed by atoms with van der Waals surface area (Å²) in [4.78, 5) is 0.0620. The Hall–Kier alpha value is -1.13. The van der Waals surface area contributed by atoms with E-state index in [2.05, 4.69) is 5.32 Å². The van der Waals surface area contributed by atoms with Crippen molar-refractivity contribution in [1.82, 2.24) is 9.62 Å². The van der Waals surface area contributed by atoms with Gasteiger partial charge in [0.1, 0.15) is 4.90 Å². The lowest BCUT2D eigenvalue weighted by Gasteiger charge is -2.26. The summed E-state index contributed by atoms with van der Waals surface area (Å²) < 4.78 is 26.9. The molecule has 7 heteroatoms. The molecule has 0 amide bonds. The molecule has 5 nitrogen and oxygen atoms in total. The number of hydrogen-bond donors (Lipinski definition) is 1. The SMILES string of the molecule is CCN(C1CCNC1)S(=O)(=O)c1ccc(C#N)cc1Cl. The third-order valence-corrected chi connectivity index (χ3v) is 5.91. The number of benzene rings is 1. The normalized spacial score (nSPS) is 19.2. The maximum atomic E-state index is 12.7. The van der Waals surface area contributed by atoms with E-state index in [0.29, 0.717) is 18.7 Å². The molecule has 1 aliphatic heterocycles. The minimum absolute atomic E-state index is 0.0447. The quantitative estimate of drug-likeness (QED) is 0.916. The predicted octanol–water partition coefficient (Wildman–Crippen LogP) is 1.58. The number of halogens is 1. The number of sulfonamides is 1. The van der Waals surface area contributed by atoms with Gasteiger partial charge in [0.2, 0.25) is 10.0 Å². The van der Waals surface area contributed by atoms with Crippen LogP contribution in [0.25, 0.3) is 0 Å². The van der Waals surface area contributed by atoms with Gasteiger partial charge in [-0.25, -0.2) is 8.42 Å². The lowest BCUT2D eigenvalue weighted by Crippen LogP contribution is -2.41. The maximum absolute atomic E-state index is 12.7. The van der Waals surface area contributed by atoms with E-state index in [4.69, 9.17) is 16.9 Å². The second-order valence-corrected chi connectivity index (χ2v) is 6.88. The molecule has 0 spiro atoms. The maximum Gasteiger partial charge on any atom is 0.244 e. The Kier molecular flexibility index (Phi) is 4.66. The first-order chi connectivity index (χ1) is 9.50. The second-order valence-electron chi connectivity index (χ2n) is 4.61. The summed E-state index contributed by atoms with van der Waals surface area (Å²) in [5.74, 6) is 0. The smallest absolute Gasteiger partial charge is 0.244 e. The van der Waals surface area contributed by atoms with Gasteiger partial charge < -0.3 is 5.32 Å². The number of hydrogen-bond acceptors (Lipinski definition) is 4. The van der Waals surface area contributed by atoms with E-state index in [9.17, 15) is 8.42 Å². The van der Waals surface area contributed by atoms with Crippen LogP contribution in [0.2, 0.25) is 5.02 Å². The zero-order chi connectivity index (χ0) is 14.8. The lowest BCUT2D eigenvalue weighted by molar-refractivity contribution is 0.349. The molecule has 0 aromatic heterocycles. The molecule has 1 heterocycles. The molecule has 0 bridgehead atoms. The Bertz CT molecular complexity index is 634. The van der Waals surface area contributed by atoms with Crippen molar-refractivity contribution in [1.29, 1.82) is 5.26 Å². The summed E-state index contributed by atoms with van der Waals surface area (Å²) in [6.45, 7) is 3.68. The molecule has 0 radical (unpaired) electrons. The largest absolute Gasteiger partial charge is 0.315 e. The van der Waals surface area contributed by atoms with Crippen molar-refractivity contribution in [2.45, 2.75) is 24.3 Å². The van der Waals surface area contributed by atoms with E-state index in [1.807, 2.05) is 13.0 Å². The van der Waals surface area contributed by atoms with Crippen LogP contribution in [0.1, 0.15) is 18.9 Å². The third-order valence-electron chi connectivity index (χ3n) is 3.40. The summed E-state index contributed by atoms with van der Waals surface area (Å²) in [5.41, 5.74) is 0.347. The van der Waals surface area contributed by atoms with Crippen molar-refractivity contribution in [3.05, 3.63) is 28.8 Å². The molecule has 1 aliphatic rings. The van der Waals surface area contributed by atoms with Gasteiger partial charge in [-0.3, -0.25) is 0 Å². The Balaban J connectivity index is 2.40. The number of rotatable bonds is 4. The zero-order valence-electron chi connectivity index (χ0n) is 11.1. The number of nitrogens with zero attached hydrogens (tertiary/aromatic N) is 2. The van der Waals surface area contributed by atoms with E-state index in [0.717, 1.165) is 13.0 Å². The van der Waals surface area contributed by atoms with Crippen LogP contribution in [0.3, 0.4) is 0 Å². The molecule has 1 aromatic carbocycles. The first-order valence-corrected chi connectivity index (χ1v) is 8.24. The zero-order valence-corrected chi connectivity index (χ0v) is 12.7. The summed E-state index contributed by atoms with van der Waals surface area (Å²) >= 11 is 6.03. The number of nitrogens with one attached hydrogen (secondary N) is 1. The summed E-state index contributed by atoms with van der Waals surface area (Å²) in [5, 5.41) is 12.1. The average Bonchev–Trinajstić information content (AvgIpc) is 2.92. The van der Waals surface area contributed by atoms with Crippen molar-refractivity contribution in [2.75, 3.05) is 19.6 Å². The van der Waals surface area contributed by atoms with Gasteiger partial charge in [0, 0.05) is 19.1 Å². The Morgan fingerprint density at radius 2 is 2.30 bits per heavy atom. The molecule has 0 aliphatic carbocycles. The Labute approximate surface area is 124 Å². The monoisotopic (exact) mass is 313 g/mol. The molecule has 1 fully saturated rings. The fourth-order valence-corrected chi connectivity index (χ4v) is 4.60. The van der Waals surface area contributed by atoms with Gasteiger partial charge in [-0.15, -0.1) is 0 Å². The Morgan fingerprint density at radius 1 is 1.55 bits per heavy atom. The first-order valence-electron chi connectivity index (χ1n) is 6.43. The van der Waals surface area contributed by atoms with Gasteiger partial charge in [-0.2, -0.15) is 9.57 Å².